The monoisotopic (exact) mass is 335 g/mol. The van der Waals surface area contributed by atoms with Crippen molar-refractivity contribution >= 4 is 21.6 Å². The second-order valence-electron chi connectivity index (χ2n) is 3.80. The maximum atomic E-state index is 12.6. The van der Waals surface area contributed by atoms with E-state index in [0.29, 0.717) is 16.0 Å². The van der Waals surface area contributed by atoms with E-state index in [2.05, 4.69) is 36.8 Å². The van der Waals surface area contributed by atoms with Crippen LogP contribution in [-0.4, -0.2) is 20.2 Å². The molecule has 1 heterocycles. The van der Waals surface area contributed by atoms with E-state index >= 15 is 0 Å². The molecule has 0 aliphatic carbocycles. The molecule has 0 bridgehead atoms. The molecule has 2 rings (SSSR count). The molecule has 5 nitrogen and oxygen atoms in total. The fourth-order valence-electron chi connectivity index (χ4n) is 1.43. The van der Waals surface area contributed by atoms with Gasteiger partial charge in [0.2, 0.25) is 0 Å². The number of halogens is 4. The van der Waals surface area contributed by atoms with Crippen molar-refractivity contribution < 1.29 is 13.2 Å². The van der Waals surface area contributed by atoms with Gasteiger partial charge in [0.05, 0.1) is 12.1 Å². The first kappa shape index (κ1) is 13.8. The lowest BCUT2D eigenvalue weighted by Crippen LogP contribution is -2.09. The minimum atomic E-state index is -4.38. The quantitative estimate of drug-likeness (QED) is 0.936. The summed E-state index contributed by atoms with van der Waals surface area (Å²) in [6.45, 7) is 0.233. The molecular formula is C10H9BrF3N5. The average molecular weight is 336 g/mol. The minimum absolute atomic E-state index is 0.233. The van der Waals surface area contributed by atoms with Crippen molar-refractivity contribution in [1.82, 2.24) is 20.2 Å². The molecule has 0 atom stereocenters. The third-order valence-electron chi connectivity index (χ3n) is 2.38. The van der Waals surface area contributed by atoms with Crippen LogP contribution in [0.3, 0.4) is 0 Å². The normalized spacial score (nSPS) is 11.6. The van der Waals surface area contributed by atoms with Crippen LogP contribution in [0.1, 0.15) is 11.4 Å². The molecule has 0 aliphatic heterocycles. The molecule has 0 fully saturated rings. The number of hydrogen-bond donors (Lipinski definition) is 1. The smallest absolute Gasteiger partial charge is 0.378 e. The van der Waals surface area contributed by atoms with Crippen LogP contribution in [-0.2, 0) is 19.8 Å². The number of rotatable bonds is 3. The average Bonchev–Trinajstić information content (AvgIpc) is 2.70. The Balaban J connectivity index is 2.17. The molecule has 19 heavy (non-hydrogen) atoms. The van der Waals surface area contributed by atoms with Crippen LogP contribution >= 0.6 is 15.9 Å². The SMILES string of the molecule is Cn1nnnc1CNc1cc(Br)cc(C(F)(F)F)c1. The molecule has 1 aromatic carbocycles. The molecule has 1 N–H and O–H groups in total. The van der Waals surface area contributed by atoms with Gasteiger partial charge in [0.25, 0.3) is 0 Å². The topological polar surface area (TPSA) is 55.6 Å². The molecule has 0 amide bonds. The summed E-state index contributed by atoms with van der Waals surface area (Å²) < 4.78 is 39.7. The number of aromatic nitrogens is 4. The zero-order valence-corrected chi connectivity index (χ0v) is 11.3. The maximum Gasteiger partial charge on any atom is 0.416 e. The van der Waals surface area contributed by atoms with E-state index in [-0.39, 0.29) is 6.54 Å². The van der Waals surface area contributed by atoms with Gasteiger partial charge < -0.3 is 5.32 Å². The Kier molecular flexibility index (Phi) is 3.74. The van der Waals surface area contributed by atoms with Crippen LogP contribution in [0.15, 0.2) is 22.7 Å². The second kappa shape index (κ2) is 5.16. The van der Waals surface area contributed by atoms with Crippen molar-refractivity contribution in [2.75, 3.05) is 5.32 Å². The number of alkyl halides is 3. The van der Waals surface area contributed by atoms with Crippen molar-refractivity contribution in [3.63, 3.8) is 0 Å². The van der Waals surface area contributed by atoms with Crippen molar-refractivity contribution in [2.24, 2.45) is 7.05 Å². The molecule has 0 radical (unpaired) electrons. The lowest BCUT2D eigenvalue weighted by atomic mass is 10.2. The summed E-state index contributed by atoms with van der Waals surface area (Å²) in [6, 6.07) is 3.61. The number of hydrogen-bond acceptors (Lipinski definition) is 4. The molecule has 102 valence electrons. The first-order chi connectivity index (χ1) is 8.86. The predicted molar refractivity (Wildman–Crippen MR) is 65.3 cm³/mol. The highest BCUT2D eigenvalue weighted by Gasteiger charge is 2.31. The Bertz CT molecular complexity index is 581. The highest BCUT2D eigenvalue weighted by Crippen LogP contribution is 2.33. The van der Waals surface area contributed by atoms with Gasteiger partial charge in [-0.1, -0.05) is 15.9 Å². The minimum Gasteiger partial charge on any atom is -0.378 e. The van der Waals surface area contributed by atoms with E-state index in [0.717, 1.165) is 12.1 Å². The van der Waals surface area contributed by atoms with Gasteiger partial charge in [-0.15, -0.1) is 5.10 Å². The lowest BCUT2D eigenvalue weighted by Gasteiger charge is -2.11. The van der Waals surface area contributed by atoms with Crippen LogP contribution in [0.4, 0.5) is 18.9 Å². The molecule has 1 aromatic heterocycles. The summed E-state index contributed by atoms with van der Waals surface area (Å²) >= 11 is 3.05. The van der Waals surface area contributed by atoms with Gasteiger partial charge in [-0.3, -0.25) is 0 Å². The Labute approximate surface area is 114 Å². The second-order valence-corrected chi connectivity index (χ2v) is 4.71. The number of anilines is 1. The molecule has 0 aliphatic rings. The zero-order chi connectivity index (χ0) is 14.0. The molecule has 0 spiro atoms. The van der Waals surface area contributed by atoms with E-state index < -0.39 is 11.7 Å². The Morgan fingerprint density at radius 1 is 1.32 bits per heavy atom. The zero-order valence-electron chi connectivity index (χ0n) is 9.74. The summed E-state index contributed by atoms with van der Waals surface area (Å²) in [5, 5.41) is 13.6. The van der Waals surface area contributed by atoms with Gasteiger partial charge in [-0.05, 0) is 28.6 Å². The lowest BCUT2D eigenvalue weighted by molar-refractivity contribution is -0.137. The summed E-state index contributed by atoms with van der Waals surface area (Å²) in [4.78, 5) is 0. The van der Waals surface area contributed by atoms with Gasteiger partial charge in [-0.2, -0.15) is 13.2 Å². The summed E-state index contributed by atoms with van der Waals surface area (Å²) in [6.07, 6.45) is -4.38. The first-order valence-corrected chi connectivity index (χ1v) is 5.98. The van der Waals surface area contributed by atoms with Crippen LogP contribution in [0.2, 0.25) is 0 Å². The standard InChI is InChI=1S/C10H9BrF3N5/c1-19-9(16-17-18-19)5-15-8-3-6(10(12,13)14)2-7(11)4-8/h2-4,15H,5H2,1H3. The fraction of sp³-hybridized carbons (Fsp3) is 0.300. The highest BCUT2D eigenvalue weighted by molar-refractivity contribution is 9.10. The van der Waals surface area contributed by atoms with Crippen molar-refractivity contribution in [3.8, 4) is 0 Å². The maximum absolute atomic E-state index is 12.6. The Morgan fingerprint density at radius 2 is 2.05 bits per heavy atom. The molecule has 9 heteroatoms. The number of benzene rings is 1. The number of aryl methyl sites for hydroxylation is 1. The molecular weight excluding hydrogens is 327 g/mol. The first-order valence-electron chi connectivity index (χ1n) is 5.19. The third kappa shape index (κ3) is 3.43. The number of nitrogens with zero attached hydrogens (tertiary/aromatic N) is 4. The van der Waals surface area contributed by atoms with Crippen LogP contribution in [0, 0.1) is 0 Å². The Hall–Kier alpha value is -1.64. The van der Waals surface area contributed by atoms with Crippen molar-refractivity contribution in [2.45, 2.75) is 12.7 Å². The van der Waals surface area contributed by atoms with Gasteiger partial charge in [0.15, 0.2) is 5.82 Å². The summed E-state index contributed by atoms with van der Waals surface area (Å²) in [5.41, 5.74) is -0.384. The number of tetrazole rings is 1. The van der Waals surface area contributed by atoms with Crippen LogP contribution < -0.4 is 5.32 Å². The van der Waals surface area contributed by atoms with Crippen molar-refractivity contribution in [1.29, 1.82) is 0 Å². The van der Waals surface area contributed by atoms with E-state index in [9.17, 15) is 13.2 Å². The van der Waals surface area contributed by atoms with Gasteiger partial charge in [0.1, 0.15) is 0 Å². The highest BCUT2D eigenvalue weighted by atomic mass is 79.9. The van der Waals surface area contributed by atoms with Crippen LogP contribution in [0.5, 0.6) is 0 Å². The molecule has 0 saturated carbocycles. The molecule has 2 aromatic rings. The summed E-state index contributed by atoms with van der Waals surface area (Å²) in [5.74, 6) is 0.522. The third-order valence-corrected chi connectivity index (χ3v) is 2.84. The van der Waals surface area contributed by atoms with Gasteiger partial charge >= 0.3 is 6.18 Å². The molecule has 0 saturated heterocycles. The molecule has 0 unspecified atom stereocenters. The fourth-order valence-corrected chi connectivity index (χ4v) is 1.93. The predicted octanol–water partition coefficient (Wildman–Crippen LogP) is 2.60. The van der Waals surface area contributed by atoms with Gasteiger partial charge in [0, 0.05) is 17.2 Å². The van der Waals surface area contributed by atoms with Gasteiger partial charge in [-0.25, -0.2) is 4.68 Å². The largest absolute Gasteiger partial charge is 0.416 e. The summed E-state index contributed by atoms with van der Waals surface area (Å²) in [7, 11) is 1.65. The van der Waals surface area contributed by atoms with E-state index in [4.69, 9.17) is 0 Å². The Morgan fingerprint density at radius 3 is 2.63 bits per heavy atom. The van der Waals surface area contributed by atoms with E-state index in [1.165, 1.54) is 4.68 Å². The van der Waals surface area contributed by atoms with Crippen molar-refractivity contribution in [3.05, 3.63) is 34.1 Å². The van der Waals surface area contributed by atoms with E-state index in [1.54, 1.807) is 13.1 Å². The van der Waals surface area contributed by atoms with Crippen LogP contribution in [0.25, 0.3) is 0 Å². The number of nitrogens with one attached hydrogen (secondary N) is 1. The van der Waals surface area contributed by atoms with E-state index in [1.807, 2.05) is 0 Å².